The molecule has 0 spiro atoms. The molecule has 0 aliphatic carbocycles. The minimum atomic E-state index is 0.861. The Labute approximate surface area is 153 Å². The minimum absolute atomic E-state index is 0.861. The molecule has 3 aromatic carbocycles. The number of hydrogen-bond donors (Lipinski definition) is 0. The molecule has 4 rings (SSSR count). The van der Waals surface area contributed by atoms with Crippen molar-refractivity contribution in [1.29, 1.82) is 0 Å². The summed E-state index contributed by atoms with van der Waals surface area (Å²) >= 11 is 0. The highest BCUT2D eigenvalue weighted by molar-refractivity contribution is 5.74. The number of rotatable bonds is 4. The molecule has 1 nitrogen and oxygen atoms in total. The Balaban J connectivity index is 1.79. The van der Waals surface area contributed by atoms with Crippen LogP contribution in [0.1, 0.15) is 11.1 Å². The first-order chi connectivity index (χ1) is 12.9. The normalized spacial score (nSPS) is 10.9. The minimum Gasteiger partial charge on any atom is -0.207 e. The summed E-state index contributed by atoms with van der Waals surface area (Å²) < 4.78 is 6.21. The van der Waals surface area contributed by atoms with Crippen molar-refractivity contribution in [2.75, 3.05) is 0 Å². The monoisotopic (exact) mass is 335 g/mol. The summed E-state index contributed by atoms with van der Waals surface area (Å²) in [6, 6.07) is 34.9. The Hall–Kier alpha value is -3.45. The molecule has 26 heavy (non-hydrogen) atoms. The molecule has 0 saturated heterocycles. The van der Waals surface area contributed by atoms with Crippen LogP contribution in [0.5, 0.6) is 0 Å². The van der Waals surface area contributed by atoms with E-state index in [4.69, 9.17) is 4.42 Å². The van der Waals surface area contributed by atoms with Gasteiger partial charge < -0.3 is 0 Å². The second-order valence-electron chi connectivity index (χ2n) is 6.10. The van der Waals surface area contributed by atoms with Gasteiger partial charge in [-0.05, 0) is 35.4 Å². The second kappa shape index (κ2) is 7.62. The maximum atomic E-state index is 6.21. The third kappa shape index (κ3) is 3.79. The molecular formula is C25H19O+. The fraction of sp³-hybridized carbons (Fsp3) is 0. The molecule has 0 aliphatic rings. The SMILES string of the molecule is C(=Cc1cc(-c2ccccc2)[o+]c(-c2ccccc2)c1)c1ccccc1. The highest BCUT2D eigenvalue weighted by Crippen LogP contribution is 2.29. The number of hydrogen-bond acceptors (Lipinski definition) is 0. The predicted molar refractivity (Wildman–Crippen MR) is 109 cm³/mol. The Kier molecular flexibility index (Phi) is 4.70. The van der Waals surface area contributed by atoms with Crippen LogP contribution < -0.4 is 0 Å². The summed E-state index contributed by atoms with van der Waals surface area (Å²) in [4.78, 5) is 0. The third-order valence-corrected chi connectivity index (χ3v) is 4.20. The molecule has 0 amide bonds. The molecule has 0 aliphatic heterocycles. The molecule has 124 valence electrons. The van der Waals surface area contributed by atoms with Crippen LogP contribution in [-0.2, 0) is 0 Å². The first kappa shape index (κ1) is 16.0. The molecule has 0 unspecified atom stereocenters. The Morgan fingerprint density at radius 3 is 1.38 bits per heavy atom. The van der Waals surface area contributed by atoms with Crippen molar-refractivity contribution in [3.05, 3.63) is 114 Å². The van der Waals surface area contributed by atoms with Gasteiger partial charge in [-0.2, -0.15) is 0 Å². The summed E-state index contributed by atoms with van der Waals surface area (Å²) in [6.07, 6.45) is 4.25. The van der Waals surface area contributed by atoms with Crippen molar-refractivity contribution in [3.8, 4) is 22.6 Å². The van der Waals surface area contributed by atoms with Gasteiger partial charge in [-0.1, -0.05) is 78.9 Å². The van der Waals surface area contributed by atoms with Gasteiger partial charge in [-0.15, -0.1) is 0 Å². The second-order valence-corrected chi connectivity index (χ2v) is 6.10. The molecule has 0 N–H and O–H groups in total. The summed E-state index contributed by atoms with van der Waals surface area (Å²) in [7, 11) is 0. The van der Waals surface area contributed by atoms with Crippen molar-refractivity contribution in [2.45, 2.75) is 0 Å². The quantitative estimate of drug-likeness (QED) is 0.363. The molecule has 1 heterocycles. The standard InChI is InChI=1S/C25H19O/c1-4-10-20(11-5-1)16-17-21-18-24(22-12-6-2-7-13-22)26-25(19-21)23-14-8-3-9-15-23/h1-19H/q+1. The van der Waals surface area contributed by atoms with Crippen LogP contribution in [0.15, 0.2) is 108 Å². The van der Waals surface area contributed by atoms with Crippen molar-refractivity contribution >= 4 is 12.2 Å². The van der Waals surface area contributed by atoms with E-state index in [-0.39, 0.29) is 0 Å². The van der Waals surface area contributed by atoms with Crippen LogP contribution in [-0.4, -0.2) is 0 Å². The molecule has 4 aromatic rings. The van der Waals surface area contributed by atoms with E-state index in [1.165, 1.54) is 5.56 Å². The van der Waals surface area contributed by atoms with Crippen LogP contribution in [0.3, 0.4) is 0 Å². The van der Waals surface area contributed by atoms with Gasteiger partial charge in [0.05, 0.1) is 23.3 Å². The van der Waals surface area contributed by atoms with E-state index in [2.05, 4.69) is 60.7 Å². The predicted octanol–water partition coefficient (Wildman–Crippen LogP) is 7.07. The molecule has 0 fully saturated rings. The van der Waals surface area contributed by atoms with Crippen molar-refractivity contribution in [3.63, 3.8) is 0 Å². The van der Waals surface area contributed by atoms with Crippen LogP contribution in [0, 0.1) is 0 Å². The summed E-state index contributed by atoms with van der Waals surface area (Å²) in [5.41, 5.74) is 4.42. The molecule has 1 aromatic heterocycles. The van der Waals surface area contributed by atoms with Gasteiger partial charge in [0.1, 0.15) is 0 Å². The van der Waals surface area contributed by atoms with E-state index in [1.54, 1.807) is 0 Å². The average Bonchev–Trinajstić information content (AvgIpc) is 2.74. The lowest BCUT2D eigenvalue weighted by atomic mass is 10.1. The lowest BCUT2D eigenvalue weighted by molar-refractivity contribution is 0.581. The fourth-order valence-electron chi connectivity index (χ4n) is 2.86. The molecule has 1 heteroatoms. The van der Waals surface area contributed by atoms with Gasteiger partial charge >= 0.3 is 11.5 Å². The Morgan fingerprint density at radius 1 is 0.462 bits per heavy atom. The maximum absolute atomic E-state index is 6.21. The van der Waals surface area contributed by atoms with E-state index in [1.807, 2.05) is 54.6 Å². The van der Waals surface area contributed by atoms with Gasteiger partial charge in [0.15, 0.2) is 0 Å². The first-order valence-corrected chi connectivity index (χ1v) is 8.71. The molecule has 0 saturated carbocycles. The van der Waals surface area contributed by atoms with Crippen LogP contribution >= 0.6 is 0 Å². The zero-order valence-electron chi connectivity index (χ0n) is 14.4. The van der Waals surface area contributed by atoms with Gasteiger partial charge in [0.25, 0.3) is 0 Å². The van der Waals surface area contributed by atoms with Gasteiger partial charge in [-0.25, -0.2) is 4.42 Å². The zero-order chi connectivity index (χ0) is 17.6. The lowest BCUT2D eigenvalue weighted by Crippen LogP contribution is -1.84. The molecule has 0 atom stereocenters. The average molecular weight is 335 g/mol. The molecule has 0 bridgehead atoms. The van der Waals surface area contributed by atoms with Crippen molar-refractivity contribution < 1.29 is 4.42 Å². The van der Waals surface area contributed by atoms with Gasteiger partial charge in [0, 0.05) is 0 Å². The molecular weight excluding hydrogens is 316 g/mol. The van der Waals surface area contributed by atoms with E-state index in [0.717, 1.165) is 28.2 Å². The van der Waals surface area contributed by atoms with E-state index >= 15 is 0 Å². The highest BCUT2D eigenvalue weighted by Gasteiger charge is 2.18. The topological polar surface area (TPSA) is 11.3 Å². The first-order valence-electron chi connectivity index (χ1n) is 8.71. The van der Waals surface area contributed by atoms with E-state index in [0.29, 0.717) is 0 Å². The van der Waals surface area contributed by atoms with Crippen molar-refractivity contribution in [2.24, 2.45) is 0 Å². The van der Waals surface area contributed by atoms with Crippen LogP contribution in [0.4, 0.5) is 0 Å². The van der Waals surface area contributed by atoms with Gasteiger partial charge in [-0.3, -0.25) is 0 Å². The van der Waals surface area contributed by atoms with Crippen molar-refractivity contribution in [1.82, 2.24) is 0 Å². The maximum Gasteiger partial charge on any atom is 0.361 e. The Morgan fingerprint density at radius 2 is 0.885 bits per heavy atom. The third-order valence-electron chi connectivity index (χ3n) is 4.20. The smallest absolute Gasteiger partial charge is 0.207 e. The Bertz CT molecular complexity index is 946. The lowest BCUT2D eigenvalue weighted by Gasteiger charge is -1.98. The zero-order valence-corrected chi connectivity index (χ0v) is 14.4. The number of benzene rings is 3. The summed E-state index contributed by atoms with van der Waals surface area (Å²) in [5, 5.41) is 0. The van der Waals surface area contributed by atoms with E-state index < -0.39 is 0 Å². The summed E-state index contributed by atoms with van der Waals surface area (Å²) in [6.45, 7) is 0. The fourth-order valence-corrected chi connectivity index (χ4v) is 2.86. The van der Waals surface area contributed by atoms with Crippen LogP contribution in [0.25, 0.3) is 34.8 Å². The van der Waals surface area contributed by atoms with E-state index in [9.17, 15) is 0 Å². The van der Waals surface area contributed by atoms with Gasteiger partial charge in [0.2, 0.25) is 0 Å². The van der Waals surface area contributed by atoms with Crippen LogP contribution in [0.2, 0.25) is 0 Å². The molecule has 0 radical (unpaired) electrons. The summed E-state index contributed by atoms with van der Waals surface area (Å²) in [5.74, 6) is 1.72. The highest BCUT2D eigenvalue weighted by atomic mass is 16.3. The largest absolute Gasteiger partial charge is 0.361 e.